The highest BCUT2D eigenvalue weighted by molar-refractivity contribution is 5.78. The standard InChI is InChI=1S/C11H19NO/c1-2-3-9-12-11(13)10-7-5-4-6-8-10/h2,10H,1,3-9H2,(H,12,13). The van der Waals surface area contributed by atoms with Crippen LogP contribution in [0.2, 0.25) is 0 Å². The van der Waals surface area contributed by atoms with Crippen LogP contribution in [0.15, 0.2) is 12.7 Å². The highest BCUT2D eigenvalue weighted by Gasteiger charge is 2.19. The maximum atomic E-state index is 11.5. The fraction of sp³-hybridized carbons (Fsp3) is 0.727. The maximum absolute atomic E-state index is 11.5. The van der Waals surface area contributed by atoms with Gasteiger partial charge in [0.2, 0.25) is 5.91 Å². The summed E-state index contributed by atoms with van der Waals surface area (Å²) >= 11 is 0. The molecular weight excluding hydrogens is 162 g/mol. The molecule has 0 saturated heterocycles. The summed E-state index contributed by atoms with van der Waals surface area (Å²) in [5, 5.41) is 2.94. The predicted octanol–water partition coefficient (Wildman–Crippen LogP) is 2.26. The van der Waals surface area contributed by atoms with E-state index in [0.717, 1.165) is 25.8 Å². The van der Waals surface area contributed by atoms with E-state index in [0.29, 0.717) is 5.92 Å². The number of nitrogens with one attached hydrogen (secondary N) is 1. The molecule has 0 atom stereocenters. The Balaban J connectivity index is 2.17. The summed E-state index contributed by atoms with van der Waals surface area (Å²) in [7, 11) is 0. The van der Waals surface area contributed by atoms with Gasteiger partial charge >= 0.3 is 0 Å². The molecular formula is C11H19NO. The summed E-state index contributed by atoms with van der Waals surface area (Å²) in [6.07, 6.45) is 8.62. The van der Waals surface area contributed by atoms with E-state index in [1.165, 1.54) is 19.3 Å². The van der Waals surface area contributed by atoms with Crippen molar-refractivity contribution in [3.8, 4) is 0 Å². The summed E-state index contributed by atoms with van der Waals surface area (Å²) < 4.78 is 0. The summed E-state index contributed by atoms with van der Waals surface area (Å²) in [6.45, 7) is 4.37. The average molecular weight is 181 g/mol. The fourth-order valence-electron chi connectivity index (χ4n) is 1.81. The second-order valence-corrected chi connectivity index (χ2v) is 3.70. The molecule has 1 aliphatic carbocycles. The molecule has 1 fully saturated rings. The quantitative estimate of drug-likeness (QED) is 0.523. The van der Waals surface area contributed by atoms with Crippen molar-refractivity contribution in [3.63, 3.8) is 0 Å². The van der Waals surface area contributed by atoms with Crippen LogP contribution in [0.1, 0.15) is 38.5 Å². The molecule has 1 N–H and O–H groups in total. The van der Waals surface area contributed by atoms with Crippen LogP contribution in [0.3, 0.4) is 0 Å². The number of rotatable bonds is 4. The van der Waals surface area contributed by atoms with E-state index in [1.54, 1.807) is 0 Å². The van der Waals surface area contributed by atoms with Crippen molar-refractivity contribution in [2.45, 2.75) is 38.5 Å². The molecule has 1 amide bonds. The first-order valence-electron chi connectivity index (χ1n) is 5.23. The first-order chi connectivity index (χ1) is 6.34. The van der Waals surface area contributed by atoms with Gasteiger partial charge in [-0.05, 0) is 19.3 Å². The topological polar surface area (TPSA) is 29.1 Å². The lowest BCUT2D eigenvalue weighted by Crippen LogP contribution is -2.32. The Hall–Kier alpha value is -0.790. The molecule has 0 heterocycles. The summed E-state index contributed by atoms with van der Waals surface area (Å²) in [6, 6.07) is 0. The van der Waals surface area contributed by atoms with Crippen LogP contribution < -0.4 is 5.32 Å². The SMILES string of the molecule is C=CCCNC(=O)C1CCCCC1. The van der Waals surface area contributed by atoms with Crippen LogP contribution in [-0.4, -0.2) is 12.5 Å². The minimum atomic E-state index is 0.251. The normalized spacial score (nSPS) is 18.2. The molecule has 0 aromatic heterocycles. The molecule has 0 unspecified atom stereocenters. The summed E-state index contributed by atoms with van der Waals surface area (Å²) in [4.78, 5) is 11.5. The van der Waals surface area contributed by atoms with Crippen molar-refractivity contribution in [1.29, 1.82) is 0 Å². The van der Waals surface area contributed by atoms with Crippen LogP contribution in [0.25, 0.3) is 0 Å². The fourth-order valence-corrected chi connectivity index (χ4v) is 1.81. The minimum absolute atomic E-state index is 0.251. The molecule has 0 aromatic carbocycles. The van der Waals surface area contributed by atoms with Crippen molar-refractivity contribution in [2.75, 3.05) is 6.54 Å². The molecule has 0 spiro atoms. The van der Waals surface area contributed by atoms with Crippen LogP contribution in [0, 0.1) is 5.92 Å². The number of amides is 1. The van der Waals surface area contributed by atoms with Crippen LogP contribution in [0.4, 0.5) is 0 Å². The summed E-state index contributed by atoms with van der Waals surface area (Å²) in [5.74, 6) is 0.542. The molecule has 1 saturated carbocycles. The number of hydrogen-bond donors (Lipinski definition) is 1. The number of carbonyl (C=O) groups excluding carboxylic acids is 1. The molecule has 74 valence electrons. The Kier molecular flexibility index (Phi) is 4.58. The van der Waals surface area contributed by atoms with Crippen LogP contribution in [-0.2, 0) is 4.79 Å². The lowest BCUT2D eigenvalue weighted by Gasteiger charge is -2.20. The van der Waals surface area contributed by atoms with E-state index in [1.807, 2.05) is 6.08 Å². The Morgan fingerprint density at radius 3 is 2.69 bits per heavy atom. The van der Waals surface area contributed by atoms with E-state index >= 15 is 0 Å². The van der Waals surface area contributed by atoms with Crippen molar-refractivity contribution in [1.82, 2.24) is 5.32 Å². The monoisotopic (exact) mass is 181 g/mol. The first kappa shape index (κ1) is 10.3. The molecule has 0 aromatic rings. The third-order valence-corrected chi connectivity index (χ3v) is 2.62. The van der Waals surface area contributed by atoms with Gasteiger partial charge in [-0.2, -0.15) is 0 Å². The highest BCUT2D eigenvalue weighted by Crippen LogP contribution is 2.23. The molecule has 0 bridgehead atoms. The average Bonchev–Trinajstić information content (AvgIpc) is 2.19. The van der Waals surface area contributed by atoms with Gasteiger partial charge in [0, 0.05) is 12.5 Å². The van der Waals surface area contributed by atoms with E-state index in [-0.39, 0.29) is 5.91 Å². The predicted molar refractivity (Wildman–Crippen MR) is 54.4 cm³/mol. The van der Waals surface area contributed by atoms with Gasteiger partial charge < -0.3 is 5.32 Å². The molecule has 0 aliphatic heterocycles. The van der Waals surface area contributed by atoms with E-state index < -0.39 is 0 Å². The van der Waals surface area contributed by atoms with Crippen molar-refractivity contribution in [3.05, 3.63) is 12.7 Å². The molecule has 2 nitrogen and oxygen atoms in total. The van der Waals surface area contributed by atoms with Gasteiger partial charge in [0.25, 0.3) is 0 Å². The van der Waals surface area contributed by atoms with Crippen LogP contribution in [0.5, 0.6) is 0 Å². The zero-order valence-corrected chi connectivity index (χ0v) is 8.22. The largest absolute Gasteiger partial charge is 0.356 e. The van der Waals surface area contributed by atoms with E-state index in [4.69, 9.17) is 0 Å². The Morgan fingerprint density at radius 1 is 1.38 bits per heavy atom. The summed E-state index contributed by atoms with van der Waals surface area (Å²) in [5.41, 5.74) is 0. The van der Waals surface area contributed by atoms with Gasteiger partial charge in [-0.15, -0.1) is 6.58 Å². The lowest BCUT2D eigenvalue weighted by molar-refractivity contribution is -0.125. The third-order valence-electron chi connectivity index (χ3n) is 2.62. The zero-order chi connectivity index (χ0) is 9.52. The highest BCUT2D eigenvalue weighted by atomic mass is 16.1. The molecule has 1 rings (SSSR count). The van der Waals surface area contributed by atoms with Gasteiger partial charge in [0.05, 0.1) is 0 Å². The van der Waals surface area contributed by atoms with Crippen molar-refractivity contribution < 1.29 is 4.79 Å². The van der Waals surface area contributed by atoms with Crippen molar-refractivity contribution >= 4 is 5.91 Å². The van der Waals surface area contributed by atoms with Gasteiger partial charge in [-0.3, -0.25) is 4.79 Å². The number of hydrogen-bond acceptors (Lipinski definition) is 1. The lowest BCUT2D eigenvalue weighted by atomic mass is 9.89. The van der Waals surface area contributed by atoms with Crippen molar-refractivity contribution in [2.24, 2.45) is 5.92 Å². The minimum Gasteiger partial charge on any atom is -0.356 e. The first-order valence-corrected chi connectivity index (χ1v) is 5.23. The Labute approximate surface area is 80.4 Å². The Morgan fingerprint density at radius 2 is 2.08 bits per heavy atom. The van der Waals surface area contributed by atoms with Gasteiger partial charge in [-0.25, -0.2) is 0 Å². The zero-order valence-electron chi connectivity index (χ0n) is 8.22. The number of carbonyl (C=O) groups is 1. The van der Waals surface area contributed by atoms with E-state index in [9.17, 15) is 4.79 Å². The Bertz CT molecular complexity index is 171. The molecule has 13 heavy (non-hydrogen) atoms. The molecule has 0 radical (unpaired) electrons. The second kappa shape index (κ2) is 5.79. The smallest absolute Gasteiger partial charge is 0.223 e. The van der Waals surface area contributed by atoms with Gasteiger partial charge in [-0.1, -0.05) is 25.3 Å². The maximum Gasteiger partial charge on any atom is 0.223 e. The second-order valence-electron chi connectivity index (χ2n) is 3.70. The van der Waals surface area contributed by atoms with Crippen LogP contribution >= 0.6 is 0 Å². The molecule has 2 heteroatoms. The van der Waals surface area contributed by atoms with Gasteiger partial charge in [0.15, 0.2) is 0 Å². The van der Waals surface area contributed by atoms with E-state index in [2.05, 4.69) is 11.9 Å². The van der Waals surface area contributed by atoms with Gasteiger partial charge in [0.1, 0.15) is 0 Å². The third kappa shape index (κ3) is 3.62. The molecule has 1 aliphatic rings.